The second kappa shape index (κ2) is 10.9. The highest BCUT2D eigenvalue weighted by atomic mass is 32.2. The molecule has 0 radical (unpaired) electrons. The first kappa shape index (κ1) is 24.7. The number of esters is 1. The van der Waals surface area contributed by atoms with Crippen LogP contribution in [0.2, 0.25) is 0 Å². The van der Waals surface area contributed by atoms with Crippen LogP contribution in [0, 0.1) is 0 Å². The summed E-state index contributed by atoms with van der Waals surface area (Å²) in [4.78, 5) is 49.3. The number of ether oxygens (including phenoxy) is 1. The Labute approximate surface area is 219 Å². The van der Waals surface area contributed by atoms with E-state index in [1.807, 2.05) is 5.38 Å². The van der Waals surface area contributed by atoms with E-state index in [9.17, 15) is 14.4 Å². The van der Waals surface area contributed by atoms with Crippen LogP contribution in [0.1, 0.15) is 36.6 Å². The zero-order valence-electron chi connectivity index (χ0n) is 19.6. The van der Waals surface area contributed by atoms with Crippen LogP contribution in [-0.2, 0) is 33.6 Å². The van der Waals surface area contributed by atoms with Gasteiger partial charge in [-0.25, -0.2) is 9.97 Å². The summed E-state index contributed by atoms with van der Waals surface area (Å²) in [7, 11) is 0. The van der Waals surface area contributed by atoms with Gasteiger partial charge in [-0.3, -0.25) is 14.4 Å². The number of thiazole rings is 1. The fourth-order valence-electron chi connectivity index (χ4n) is 4.21. The van der Waals surface area contributed by atoms with E-state index in [2.05, 4.69) is 38.5 Å². The number of fused-ring (bicyclic) bond motifs is 2. The number of hydrogen-bond acceptors (Lipinski definition) is 9. The molecule has 0 fully saturated rings. The number of rotatable bonds is 8. The Balaban J connectivity index is 1.25. The van der Waals surface area contributed by atoms with E-state index in [-0.39, 0.29) is 29.6 Å². The number of nitrogens with one attached hydrogen (secondary N) is 2. The van der Waals surface area contributed by atoms with Gasteiger partial charge in [-0.15, -0.1) is 22.7 Å². The molecule has 5 rings (SSSR count). The van der Waals surface area contributed by atoms with Crippen LogP contribution in [0.3, 0.4) is 0 Å². The number of aromatic nitrogens is 3. The van der Waals surface area contributed by atoms with Crippen LogP contribution in [0.15, 0.2) is 38.9 Å². The Hall–Kier alpha value is -3.02. The maximum absolute atomic E-state index is 13.0. The highest BCUT2D eigenvalue weighted by Crippen LogP contribution is 2.34. The van der Waals surface area contributed by atoms with E-state index in [1.54, 1.807) is 12.3 Å². The molecule has 0 spiro atoms. The topological polar surface area (TPSA) is 114 Å². The second-order valence-electron chi connectivity index (χ2n) is 8.35. The van der Waals surface area contributed by atoms with Crippen molar-refractivity contribution in [3.63, 3.8) is 0 Å². The van der Waals surface area contributed by atoms with Gasteiger partial charge in [-0.1, -0.05) is 30.0 Å². The van der Waals surface area contributed by atoms with Crippen molar-refractivity contribution >= 4 is 61.7 Å². The molecule has 11 heteroatoms. The number of anilines is 1. The highest BCUT2D eigenvalue weighted by Gasteiger charge is 2.17. The van der Waals surface area contributed by atoms with Gasteiger partial charge in [-0.05, 0) is 49.3 Å². The van der Waals surface area contributed by atoms with E-state index in [4.69, 9.17) is 4.74 Å². The van der Waals surface area contributed by atoms with Crippen molar-refractivity contribution in [3.05, 3.63) is 56.1 Å². The third kappa shape index (κ3) is 5.53. The standard InChI is InChI=1S/C25H24N4O4S3/c1-2-33-20(31)10-17-11-35-24(26-17)27-19(30)13-36-25-28-22(32)21-18(12-34-23(21)29-25)16-8-7-14-5-3-4-6-15(14)9-16/h7-9,11-12H,2-6,10,13H2,1H3,(H,26,27,30)(H,28,29,32). The lowest BCUT2D eigenvalue weighted by Gasteiger charge is -2.16. The van der Waals surface area contributed by atoms with Gasteiger partial charge in [-0.2, -0.15) is 0 Å². The van der Waals surface area contributed by atoms with Crippen molar-refractivity contribution in [3.8, 4) is 11.1 Å². The normalized spacial score (nSPS) is 12.9. The van der Waals surface area contributed by atoms with Crippen LogP contribution < -0.4 is 10.9 Å². The quantitative estimate of drug-likeness (QED) is 0.187. The first-order valence-electron chi connectivity index (χ1n) is 11.7. The molecule has 4 aromatic rings. The molecule has 1 aliphatic rings. The minimum absolute atomic E-state index is 0.0598. The third-order valence-corrected chi connectivity index (χ3v) is 8.40. The molecule has 0 atom stereocenters. The number of aromatic amines is 1. The van der Waals surface area contributed by atoms with Crippen LogP contribution >= 0.6 is 34.4 Å². The summed E-state index contributed by atoms with van der Waals surface area (Å²) in [6, 6.07) is 6.48. The van der Waals surface area contributed by atoms with Crippen LogP contribution in [-0.4, -0.2) is 39.2 Å². The number of amides is 1. The maximum Gasteiger partial charge on any atom is 0.311 e. The van der Waals surface area contributed by atoms with E-state index in [0.717, 1.165) is 35.7 Å². The largest absolute Gasteiger partial charge is 0.466 e. The fraction of sp³-hybridized carbons (Fsp3) is 0.320. The highest BCUT2D eigenvalue weighted by molar-refractivity contribution is 7.99. The van der Waals surface area contributed by atoms with Gasteiger partial charge in [0.25, 0.3) is 5.56 Å². The SMILES string of the molecule is CCOC(=O)Cc1csc(NC(=O)CSc2nc3scc(-c4ccc5c(c4)CCCC5)c3c(=O)[nH]2)n1. The molecule has 1 aliphatic carbocycles. The molecule has 186 valence electrons. The lowest BCUT2D eigenvalue weighted by molar-refractivity contribution is -0.142. The first-order chi connectivity index (χ1) is 17.5. The van der Waals surface area contributed by atoms with Gasteiger partial charge in [0.2, 0.25) is 5.91 Å². The van der Waals surface area contributed by atoms with Crippen molar-refractivity contribution in [1.82, 2.24) is 15.0 Å². The van der Waals surface area contributed by atoms with Gasteiger partial charge in [0.1, 0.15) is 4.83 Å². The Kier molecular flexibility index (Phi) is 7.49. The van der Waals surface area contributed by atoms with Crippen molar-refractivity contribution in [2.45, 2.75) is 44.2 Å². The molecular formula is C25H24N4O4S3. The molecule has 0 aliphatic heterocycles. The number of thioether (sulfide) groups is 1. The van der Waals surface area contributed by atoms with Gasteiger partial charge >= 0.3 is 5.97 Å². The van der Waals surface area contributed by atoms with Crippen molar-refractivity contribution in [1.29, 1.82) is 0 Å². The average Bonchev–Trinajstić information content (AvgIpc) is 3.49. The van der Waals surface area contributed by atoms with E-state index >= 15 is 0 Å². The number of carbonyl (C=O) groups is 2. The number of H-pyrrole nitrogens is 1. The minimum atomic E-state index is -0.356. The Morgan fingerprint density at radius 1 is 1.14 bits per heavy atom. The maximum atomic E-state index is 13.0. The molecule has 3 aromatic heterocycles. The molecular weight excluding hydrogens is 517 g/mol. The van der Waals surface area contributed by atoms with Gasteiger partial charge < -0.3 is 15.0 Å². The predicted octanol–water partition coefficient (Wildman–Crippen LogP) is 4.82. The number of aryl methyl sites for hydroxylation is 2. The minimum Gasteiger partial charge on any atom is -0.466 e. The van der Waals surface area contributed by atoms with E-state index < -0.39 is 0 Å². The second-order valence-corrected chi connectivity index (χ2v) is 11.0. The van der Waals surface area contributed by atoms with Crippen LogP contribution in [0.5, 0.6) is 0 Å². The number of carbonyl (C=O) groups excluding carboxylic acids is 2. The van der Waals surface area contributed by atoms with E-state index in [1.165, 1.54) is 46.6 Å². The number of nitrogens with zero attached hydrogens (tertiary/aromatic N) is 2. The van der Waals surface area contributed by atoms with Crippen LogP contribution in [0.25, 0.3) is 21.3 Å². The summed E-state index contributed by atoms with van der Waals surface area (Å²) in [5.74, 6) is -0.574. The molecule has 0 unspecified atom stereocenters. The fourth-order valence-corrected chi connectivity index (χ4v) is 6.60. The lowest BCUT2D eigenvalue weighted by atomic mass is 9.89. The third-order valence-electron chi connectivity index (χ3n) is 5.85. The van der Waals surface area contributed by atoms with Crippen molar-refractivity contribution < 1.29 is 14.3 Å². The van der Waals surface area contributed by atoms with Crippen LogP contribution in [0.4, 0.5) is 5.13 Å². The molecule has 1 amide bonds. The summed E-state index contributed by atoms with van der Waals surface area (Å²) in [6.07, 6.45) is 4.70. The summed E-state index contributed by atoms with van der Waals surface area (Å²) >= 11 is 3.83. The number of benzene rings is 1. The zero-order chi connectivity index (χ0) is 25.1. The first-order valence-corrected chi connectivity index (χ1v) is 14.4. The Bertz CT molecular complexity index is 1490. The zero-order valence-corrected chi connectivity index (χ0v) is 22.0. The van der Waals surface area contributed by atoms with E-state index in [0.29, 0.717) is 32.8 Å². The number of hydrogen-bond donors (Lipinski definition) is 2. The lowest BCUT2D eigenvalue weighted by Crippen LogP contribution is -2.15. The molecule has 0 saturated carbocycles. The number of thiophene rings is 1. The summed E-state index contributed by atoms with van der Waals surface area (Å²) < 4.78 is 4.91. The molecule has 0 saturated heterocycles. The van der Waals surface area contributed by atoms with Gasteiger partial charge in [0, 0.05) is 16.3 Å². The van der Waals surface area contributed by atoms with Crippen molar-refractivity contribution in [2.24, 2.45) is 0 Å². The predicted molar refractivity (Wildman–Crippen MR) is 144 cm³/mol. The van der Waals surface area contributed by atoms with Gasteiger partial charge in [0.05, 0.1) is 29.9 Å². The molecule has 3 heterocycles. The smallest absolute Gasteiger partial charge is 0.311 e. The molecule has 36 heavy (non-hydrogen) atoms. The Morgan fingerprint density at radius 3 is 2.81 bits per heavy atom. The molecule has 1 aromatic carbocycles. The molecule has 2 N–H and O–H groups in total. The molecule has 0 bridgehead atoms. The average molecular weight is 541 g/mol. The summed E-state index contributed by atoms with van der Waals surface area (Å²) in [5, 5.41) is 7.80. The Morgan fingerprint density at radius 2 is 1.97 bits per heavy atom. The monoisotopic (exact) mass is 540 g/mol. The summed E-state index contributed by atoms with van der Waals surface area (Å²) in [6.45, 7) is 2.06. The molecule has 8 nitrogen and oxygen atoms in total. The van der Waals surface area contributed by atoms with Gasteiger partial charge in [0.15, 0.2) is 10.3 Å². The summed E-state index contributed by atoms with van der Waals surface area (Å²) in [5.41, 5.74) is 5.05. The van der Waals surface area contributed by atoms with Crippen molar-refractivity contribution in [2.75, 3.05) is 17.7 Å².